The Morgan fingerprint density at radius 3 is 2.32 bits per heavy atom. The van der Waals surface area contributed by atoms with E-state index in [1.54, 1.807) is 31.4 Å². The predicted octanol–water partition coefficient (Wildman–Crippen LogP) is 3.32. The van der Waals surface area contributed by atoms with E-state index in [4.69, 9.17) is 9.15 Å². The fourth-order valence-corrected chi connectivity index (χ4v) is 1.97. The SMILES string of the molecule is COc1cccc(-c2nnc(-c3cccc([N+](=O)[O-])c3)o2)c1. The van der Waals surface area contributed by atoms with Crippen LogP contribution in [-0.2, 0) is 0 Å². The first kappa shape index (κ1) is 13.7. The van der Waals surface area contributed by atoms with Crippen molar-refractivity contribution in [2.75, 3.05) is 7.11 Å². The molecule has 0 N–H and O–H groups in total. The molecule has 0 atom stereocenters. The summed E-state index contributed by atoms with van der Waals surface area (Å²) in [5.41, 5.74) is 1.18. The van der Waals surface area contributed by atoms with Crippen LogP contribution in [0, 0.1) is 10.1 Å². The van der Waals surface area contributed by atoms with E-state index in [1.807, 2.05) is 12.1 Å². The number of hydrogen-bond acceptors (Lipinski definition) is 6. The largest absolute Gasteiger partial charge is 0.497 e. The Labute approximate surface area is 125 Å². The van der Waals surface area contributed by atoms with Gasteiger partial charge in [-0.05, 0) is 24.3 Å². The number of hydrogen-bond donors (Lipinski definition) is 0. The molecule has 0 saturated carbocycles. The Morgan fingerprint density at radius 2 is 1.68 bits per heavy atom. The van der Waals surface area contributed by atoms with Gasteiger partial charge in [0.25, 0.3) is 5.69 Å². The number of nitro groups is 1. The molecule has 0 bridgehead atoms. The molecule has 3 rings (SSSR count). The lowest BCUT2D eigenvalue weighted by Gasteiger charge is -2.00. The Balaban J connectivity index is 1.96. The molecule has 2 aromatic carbocycles. The van der Waals surface area contributed by atoms with Crippen molar-refractivity contribution in [3.63, 3.8) is 0 Å². The first-order valence-corrected chi connectivity index (χ1v) is 6.40. The van der Waals surface area contributed by atoms with Gasteiger partial charge in [0.2, 0.25) is 11.8 Å². The number of non-ortho nitro benzene ring substituents is 1. The molecule has 0 unspecified atom stereocenters. The molecule has 3 aromatic rings. The molecule has 7 nitrogen and oxygen atoms in total. The molecule has 0 amide bonds. The van der Waals surface area contributed by atoms with Gasteiger partial charge in [0.05, 0.1) is 12.0 Å². The molecular formula is C15H11N3O4. The van der Waals surface area contributed by atoms with Crippen LogP contribution in [0.1, 0.15) is 0 Å². The lowest BCUT2D eigenvalue weighted by molar-refractivity contribution is -0.384. The van der Waals surface area contributed by atoms with Crippen LogP contribution in [-0.4, -0.2) is 22.2 Å². The normalized spacial score (nSPS) is 10.4. The summed E-state index contributed by atoms with van der Waals surface area (Å²) in [6.45, 7) is 0. The third kappa shape index (κ3) is 2.64. The Hall–Kier alpha value is -3.22. The van der Waals surface area contributed by atoms with Crippen LogP contribution < -0.4 is 4.74 Å². The molecule has 1 aromatic heterocycles. The van der Waals surface area contributed by atoms with Crippen molar-refractivity contribution in [2.45, 2.75) is 0 Å². The molecular weight excluding hydrogens is 286 g/mol. The average molecular weight is 297 g/mol. The summed E-state index contributed by atoms with van der Waals surface area (Å²) in [6.07, 6.45) is 0. The van der Waals surface area contributed by atoms with Crippen molar-refractivity contribution >= 4 is 5.69 Å². The maximum absolute atomic E-state index is 10.8. The molecule has 0 aliphatic rings. The minimum absolute atomic E-state index is 0.0290. The molecule has 0 saturated heterocycles. The smallest absolute Gasteiger partial charge is 0.270 e. The maximum Gasteiger partial charge on any atom is 0.270 e. The van der Waals surface area contributed by atoms with E-state index in [-0.39, 0.29) is 11.6 Å². The zero-order valence-corrected chi connectivity index (χ0v) is 11.6. The second-order valence-corrected chi connectivity index (χ2v) is 4.45. The number of rotatable bonds is 4. The molecule has 22 heavy (non-hydrogen) atoms. The van der Waals surface area contributed by atoms with Crippen molar-refractivity contribution < 1.29 is 14.1 Å². The minimum Gasteiger partial charge on any atom is -0.497 e. The maximum atomic E-state index is 10.8. The third-order valence-corrected chi connectivity index (χ3v) is 3.05. The first-order chi connectivity index (χ1) is 10.7. The molecule has 0 radical (unpaired) electrons. The second kappa shape index (κ2) is 5.65. The molecule has 0 fully saturated rings. The molecule has 0 spiro atoms. The van der Waals surface area contributed by atoms with Gasteiger partial charge in [0, 0.05) is 23.3 Å². The number of aromatic nitrogens is 2. The second-order valence-electron chi connectivity index (χ2n) is 4.45. The van der Waals surface area contributed by atoms with Crippen molar-refractivity contribution in [1.82, 2.24) is 10.2 Å². The predicted molar refractivity (Wildman–Crippen MR) is 78.4 cm³/mol. The Bertz CT molecular complexity index is 829. The highest BCUT2D eigenvalue weighted by Crippen LogP contribution is 2.27. The van der Waals surface area contributed by atoms with Gasteiger partial charge < -0.3 is 9.15 Å². The first-order valence-electron chi connectivity index (χ1n) is 6.40. The fourth-order valence-electron chi connectivity index (χ4n) is 1.97. The van der Waals surface area contributed by atoms with Crippen LogP contribution in [0.5, 0.6) is 5.75 Å². The molecule has 110 valence electrons. The van der Waals surface area contributed by atoms with Crippen molar-refractivity contribution in [1.29, 1.82) is 0 Å². The summed E-state index contributed by atoms with van der Waals surface area (Å²) in [7, 11) is 1.57. The zero-order valence-electron chi connectivity index (χ0n) is 11.6. The molecule has 7 heteroatoms. The van der Waals surface area contributed by atoms with Crippen LogP contribution in [0.4, 0.5) is 5.69 Å². The van der Waals surface area contributed by atoms with Crippen molar-refractivity contribution in [2.24, 2.45) is 0 Å². The topological polar surface area (TPSA) is 91.3 Å². The minimum atomic E-state index is -0.469. The van der Waals surface area contributed by atoms with Gasteiger partial charge in [-0.3, -0.25) is 10.1 Å². The van der Waals surface area contributed by atoms with Gasteiger partial charge in [0.15, 0.2) is 0 Å². The fraction of sp³-hybridized carbons (Fsp3) is 0.0667. The molecule has 1 heterocycles. The van der Waals surface area contributed by atoms with E-state index < -0.39 is 4.92 Å². The standard InChI is InChI=1S/C15H11N3O4/c1-21-13-7-3-5-11(9-13)15-17-16-14(22-15)10-4-2-6-12(8-10)18(19)20/h2-9H,1H3. The number of benzene rings is 2. The molecule has 0 aliphatic carbocycles. The quantitative estimate of drug-likeness (QED) is 0.542. The van der Waals surface area contributed by atoms with Gasteiger partial charge >= 0.3 is 0 Å². The van der Waals surface area contributed by atoms with E-state index in [0.29, 0.717) is 22.8 Å². The van der Waals surface area contributed by atoms with Crippen LogP contribution in [0.25, 0.3) is 22.9 Å². The number of nitrogens with zero attached hydrogens (tertiary/aromatic N) is 3. The summed E-state index contributed by atoms with van der Waals surface area (Å²) in [5, 5.41) is 18.7. The lowest BCUT2D eigenvalue weighted by atomic mass is 10.2. The Kier molecular flexibility index (Phi) is 3.53. The summed E-state index contributed by atoms with van der Waals surface area (Å²) >= 11 is 0. The monoisotopic (exact) mass is 297 g/mol. The van der Waals surface area contributed by atoms with E-state index in [9.17, 15) is 10.1 Å². The van der Waals surface area contributed by atoms with Crippen LogP contribution in [0.3, 0.4) is 0 Å². The van der Waals surface area contributed by atoms with E-state index in [1.165, 1.54) is 12.1 Å². The highest BCUT2D eigenvalue weighted by atomic mass is 16.6. The van der Waals surface area contributed by atoms with E-state index >= 15 is 0 Å². The van der Waals surface area contributed by atoms with E-state index in [0.717, 1.165) is 0 Å². The number of methoxy groups -OCH3 is 1. The number of ether oxygens (including phenoxy) is 1. The van der Waals surface area contributed by atoms with Gasteiger partial charge in [-0.15, -0.1) is 10.2 Å². The Morgan fingerprint density at radius 1 is 1.05 bits per heavy atom. The van der Waals surface area contributed by atoms with Gasteiger partial charge in [-0.25, -0.2) is 0 Å². The summed E-state index contributed by atoms with van der Waals surface area (Å²) in [4.78, 5) is 10.3. The highest BCUT2D eigenvalue weighted by molar-refractivity contribution is 5.61. The number of nitro benzene ring substituents is 1. The van der Waals surface area contributed by atoms with Crippen molar-refractivity contribution in [3.05, 3.63) is 58.6 Å². The third-order valence-electron chi connectivity index (χ3n) is 3.05. The van der Waals surface area contributed by atoms with Gasteiger partial charge in [-0.2, -0.15) is 0 Å². The van der Waals surface area contributed by atoms with Gasteiger partial charge in [0.1, 0.15) is 5.75 Å². The van der Waals surface area contributed by atoms with Crippen LogP contribution in [0.2, 0.25) is 0 Å². The lowest BCUT2D eigenvalue weighted by Crippen LogP contribution is -1.88. The zero-order chi connectivity index (χ0) is 15.5. The van der Waals surface area contributed by atoms with Crippen LogP contribution >= 0.6 is 0 Å². The summed E-state index contributed by atoms with van der Waals surface area (Å²) < 4.78 is 10.7. The van der Waals surface area contributed by atoms with Crippen molar-refractivity contribution in [3.8, 4) is 28.7 Å². The highest BCUT2D eigenvalue weighted by Gasteiger charge is 2.14. The van der Waals surface area contributed by atoms with E-state index in [2.05, 4.69) is 10.2 Å². The summed E-state index contributed by atoms with van der Waals surface area (Å²) in [5.74, 6) is 1.22. The summed E-state index contributed by atoms with van der Waals surface area (Å²) in [6, 6.07) is 13.2. The van der Waals surface area contributed by atoms with Crippen LogP contribution in [0.15, 0.2) is 52.9 Å². The van der Waals surface area contributed by atoms with Gasteiger partial charge in [-0.1, -0.05) is 12.1 Å². The molecule has 0 aliphatic heterocycles. The average Bonchev–Trinajstić information content (AvgIpc) is 3.05.